The van der Waals surface area contributed by atoms with Crippen LogP contribution in [0.4, 0.5) is 4.39 Å². The first-order valence-electron chi connectivity index (χ1n) is 10.0. The maximum absolute atomic E-state index is 13.4. The number of benzene rings is 1. The molecule has 0 radical (unpaired) electrons. The van der Waals surface area contributed by atoms with Crippen molar-refractivity contribution in [2.75, 3.05) is 14.2 Å². The van der Waals surface area contributed by atoms with Crippen LogP contribution in [0.1, 0.15) is 48.6 Å². The summed E-state index contributed by atoms with van der Waals surface area (Å²) in [7, 11) is 3.08. The molecule has 1 aromatic carbocycles. The van der Waals surface area contributed by atoms with Crippen LogP contribution in [0, 0.1) is 11.7 Å². The van der Waals surface area contributed by atoms with E-state index < -0.39 is 5.37 Å². The van der Waals surface area contributed by atoms with Gasteiger partial charge in [0.15, 0.2) is 0 Å². The van der Waals surface area contributed by atoms with Crippen LogP contribution < -0.4 is 9.47 Å². The molecule has 1 amide bonds. The van der Waals surface area contributed by atoms with Crippen molar-refractivity contribution in [1.29, 1.82) is 0 Å². The van der Waals surface area contributed by atoms with Crippen molar-refractivity contribution >= 4 is 22.7 Å². The molecular weight excluding hydrogens is 405 g/mol. The van der Waals surface area contributed by atoms with E-state index in [1.807, 2.05) is 6.07 Å². The van der Waals surface area contributed by atoms with Gasteiger partial charge in [-0.3, -0.25) is 4.79 Å². The van der Waals surface area contributed by atoms with E-state index in [1.165, 1.54) is 30.3 Å². The Hall–Kier alpha value is -2.61. The van der Waals surface area contributed by atoms with Gasteiger partial charge in [-0.1, -0.05) is 31.0 Å². The van der Waals surface area contributed by atoms with E-state index in [1.54, 1.807) is 37.4 Å². The highest BCUT2D eigenvalue weighted by Crippen LogP contribution is 2.45. The van der Waals surface area contributed by atoms with Crippen LogP contribution in [0.5, 0.6) is 11.8 Å². The van der Waals surface area contributed by atoms with E-state index in [-0.39, 0.29) is 17.6 Å². The molecule has 0 N–H and O–H groups in total. The Bertz CT molecular complexity index is 945. The molecule has 1 aliphatic heterocycles. The zero-order chi connectivity index (χ0) is 21.1. The number of carbonyl (C=O) groups excluding carboxylic acids is 1. The first kappa shape index (κ1) is 20.7. The molecule has 0 bridgehead atoms. The van der Waals surface area contributed by atoms with Crippen molar-refractivity contribution in [3.8, 4) is 11.8 Å². The number of carbonyl (C=O) groups is 1. The number of thioether (sulfide) groups is 1. The van der Waals surface area contributed by atoms with E-state index in [2.05, 4.69) is 10.1 Å². The van der Waals surface area contributed by atoms with Gasteiger partial charge >= 0.3 is 0 Å². The largest absolute Gasteiger partial charge is 0.481 e. The summed E-state index contributed by atoms with van der Waals surface area (Å²) in [6, 6.07) is 9.75. The summed E-state index contributed by atoms with van der Waals surface area (Å²) >= 11 is 1.44. The molecule has 158 valence electrons. The fourth-order valence-corrected chi connectivity index (χ4v) is 5.02. The zero-order valence-electron chi connectivity index (χ0n) is 17.0. The Balaban J connectivity index is 1.70. The van der Waals surface area contributed by atoms with Crippen molar-refractivity contribution in [2.45, 2.75) is 37.5 Å². The van der Waals surface area contributed by atoms with Crippen LogP contribution in [0.25, 0.3) is 0 Å². The Morgan fingerprint density at radius 3 is 2.47 bits per heavy atom. The van der Waals surface area contributed by atoms with Gasteiger partial charge in [-0.2, -0.15) is 10.1 Å². The summed E-state index contributed by atoms with van der Waals surface area (Å²) in [4.78, 5) is 17.8. The first-order valence-corrected chi connectivity index (χ1v) is 10.9. The lowest BCUT2D eigenvalue weighted by atomic mass is 9.88. The number of ether oxygens (including phenoxy) is 2. The van der Waals surface area contributed by atoms with Crippen LogP contribution in [0.3, 0.4) is 0 Å². The number of hydrogen-bond donors (Lipinski definition) is 0. The number of hydrogen-bond acceptors (Lipinski definition) is 6. The van der Waals surface area contributed by atoms with Gasteiger partial charge in [0, 0.05) is 23.1 Å². The third kappa shape index (κ3) is 4.14. The Morgan fingerprint density at radius 1 is 1.07 bits per heavy atom. The average Bonchev–Trinajstić information content (AvgIpc) is 3.24. The molecule has 1 saturated carbocycles. The maximum Gasteiger partial charge on any atom is 0.247 e. The number of halogens is 1. The first-order chi connectivity index (χ1) is 14.6. The van der Waals surface area contributed by atoms with E-state index >= 15 is 0 Å². The second-order valence-electron chi connectivity index (χ2n) is 7.35. The molecule has 1 aliphatic carbocycles. The third-order valence-corrected chi connectivity index (χ3v) is 6.67. The minimum Gasteiger partial charge on any atom is -0.481 e. The van der Waals surface area contributed by atoms with Crippen LogP contribution >= 0.6 is 11.8 Å². The molecule has 1 unspecified atom stereocenters. The Labute approximate surface area is 179 Å². The summed E-state index contributed by atoms with van der Waals surface area (Å²) < 4.78 is 24.1. The number of amides is 1. The molecule has 6 nitrogen and oxygen atoms in total. The van der Waals surface area contributed by atoms with Crippen LogP contribution in [0.15, 0.2) is 41.5 Å². The van der Waals surface area contributed by atoms with E-state index in [9.17, 15) is 9.18 Å². The molecule has 2 heterocycles. The molecular formula is C22H24FN3O3S. The smallest absolute Gasteiger partial charge is 0.247 e. The third-order valence-electron chi connectivity index (χ3n) is 5.45. The van der Waals surface area contributed by atoms with Crippen molar-refractivity contribution in [3.63, 3.8) is 0 Å². The molecule has 1 fully saturated rings. The predicted octanol–water partition coefficient (Wildman–Crippen LogP) is 4.75. The molecule has 2 aliphatic rings. The normalized spacial score (nSPS) is 19.5. The standard InChI is InChI=1S/C22H24FN3O3S/c1-28-18-13-12-17(19(24-18)29-2)22-26(21(27)15-6-4-3-5-7-15)25-20(30-22)14-8-10-16(23)11-9-14/h8-13,15,22H,3-7H2,1-2H3. The SMILES string of the molecule is COc1ccc(C2SC(c3ccc(F)cc3)=NN2C(=O)C2CCCCC2)c(OC)n1. The number of nitrogens with zero attached hydrogens (tertiary/aromatic N) is 3. The quantitative estimate of drug-likeness (QED) is 0.686. The number of aromatic nitrogens is 1. The van der Waals surface area contributed by atoms with E-state index in [4.69, 9.17) is 9.47 Å². The molecule has 30 heavy (non-hydrogen) atoms. The highest BCUT2D eigenvalue weighted by atomic mass is 32.2. The lowest BCUT2D eigenvalue weighted by Gasteiger charge is -2.28. The maximum atomic E-state index is 13.4. The number of rotatable bonds is 5. The molecule has 1 atom stereocenters. The minimum absolute atomic E-state index is 0.0159. The van der Waals surface area contributed by atoms with Crippen LogP contribution in [-0.4, -0.2) is 35.2 Å². The summed E-state index contributed by atoms with van der Waals surface area (Å²) in [6.45, 7) is 0. The van der Waals surface area contributed by atoms with Crippen molar-refractivity contribution in [1.82, 2.24) is 9.99 Å². The lowest BCUT2D eigenvalue weighted by Crippen LogP contribution is -2.33. The van der Waals surface area contributed by atoms with E-state index in [0.717, 1.165) is 36.8 Å². The summed E-state index contributed by atoms with van der Waals surface area (Å²) in [5.41, 5.74) is 1.51. The summed E-state index contributed by atoms with van der Waals surface area (Å²) in [5, 5.41) is 6.49. The van der Waals surface area contributed by atoms with E-state index in [0.29, 0.717) is 16.8 Å². The monoisotopic (exact) mass is 429 g/mol. The van der Waals surface area contributed by atoms with Gasteiger partial charge in [-0.15, -0.1) is 0 Å². The fourth-order valence-electron chi connectivity index (χ4n) is 3.84. The van der Waals surface area contributed by atoms with Crippen LogP contribution in [0.2, 0.25) is 0 Å². The molecule has 4 rings (SSSR count). The van der Waals surface area contributed by atoms with Crippen molar-refractivity contribution < 1.29 is 18.7 Å². The topological polar surface area (TPSA) is 64.0 Å². The van der Waals surface area contributed by atoms with Crippen molar-refractivity contribution in [3.05, 3.63) is 53.3 Å². The van der Waals surface area contributed by atoms with Gasteiger partial charge in [-0.25, -0.2) is 9.40 Å². The van der Waals surface area contributed by atoms with Gasteiger partial charge in [-0.05, 0) is 43.2 Å². The average molecular weight is 430 g/mol. The minimum atomic E-state index is -0.409. The second-order valence-corrected chi connectivity index (χ2v) is 8.42. The Kier molecular flexibility index (Phi) is 6.22. The van der Waals surface area contributed by atoms with Crippen LogP contribution in [-0.2, 0) is 4.79 Å². The number of pyridine rings is 1. The second kappa shape index (κ2) is 9.04. The van der Waals surface area contributed by atoms with Gasteiger partial charge < -0.3 is 9.47 Å². The summed E-state index contributed by atoms with van der Waals surface area (Å²) in [5.74, 6) is 0.500. The van der Waals surface area contributed by atoms with Gasteiger partial charge in [0.25, 0.3) is 0 Å². The molecule has 8 heteroatoms. The predicted molar refractivity (Wildman–Crippen MR) is 114 cm³/mol. The fraction of sp³-hybridized carbons (Fsp3) is 0.409. The van der Waals surface area contributed by atoms with Gasteiger partial charge in [0.2, 0.25) is 17.7 Å². The highest BCUT2D eigenvalue weighted by Gasteiger charge is 2.39. The van der Waals surface area contributed by atoms with Gasteiger partial charge in [0.1, 0.15) is 16.2 Å². The Morgan fingerprint density at radius 2 is 1.80 bits per heavy atom. The molecule has 2 aromatic rings. The summed E-state index contributed by atoms with van der Waals surface area (Å²) in [6.07, 6.45) is 5.05. The molecule has 0 spiro atoms. The number of hydrazone groups is 1. The number of methoxy groups -OCH3 is 2. The van der Waals surface area contributed by atoms with Gasteiger partial charge in [0.05, 0.1) is 14.2 Å². The lowest BCUT2D eigenvalue weighted by molar-refractivity contribution is -0.137. The zero-order valence-corrected chi connectivity index (χ0v) is 17.8. The highest BCUT2D eigenvalue weighted by molar-refractivity contribution is 8.14. The molecule has 1 aromatic heterocycles. The van der Waals surface area contributed by atoms with Crippen molar-refractivity contribution in [2.24, 2.45) is 11.0 Å². The molecule has 0 saturated heterocycles.